The third kappa shape index (κ3) is 4.04. The van der Waals surface area contributed by atoms with Gasteiger partial charge in [0.1, 0.15) is 0 Å². The van der Waals surface area contributed by atoms with Crippen LogP contribution in [-0.2, 0) is 14.8 Å². The van der Waals surface area contributed by atoms with Gasteiger partial charge >= 0.3 is 0 Å². The monoisotopic (exact) mass is 412 g/mol. The Morgan fingerprint density at radius 1 is 0.966 bits per heavy atom. The van der Waals surface area contributed by atoms with E-state index in [1.807, 2.05) is 49.1 Å². The minimum Gasteiger partial charge on any atom is -0.372 e. The molecule has 1 N–H and O–H groups in total. The van der Waals surface area contributed by atoms with Gasteiger partial charge in [0.25, 0.3) is 10.0 Å². The summed E-state index contributed by atoms with van der Waals surface area (Å²) >= 11 is 0. The van der Waals surface area contributed by atoms with Crippen LogP contribution in [-0.4, -0.2) is 43.7 Å². The Bertz CT molecular complexity index is 1140. The average molecular weight is 413 g/mol. The third-order valence-electron chi connectivity index (χ3n) is 4.89. The van der Waals surface area contributed by atoms with Gasteiger partial charge in [-0.3, -0.25) is 4.72 Å². The highest BCUT2D eigenvalue weighted by Crippen LogP contribution is 2.30. The molecule has 3 aromatic rings. The molecule has 1 saturated heterocycles. The number of benzene rings is 2. The van der Waals surface area contributed by atoms with Crippen LogP contribution >= 0.6 is 0 Å². The van der Waals surface area contributed by atoms with Crippen molar-refractivity contribution >= 4 is 32.7 Å². The van der Waals surface area contributed by atoms with Gasteiger partial charge in [-0.1, -0.05) is 30.3 Å². The summed E-state index contributed by atoms with van der Waals surface area (Å²) < 4.78 is 34.7. The van der Waals surface area contributed by atoms with Crippen LogP contribution in [0, 0.1) is 6.92 Å². The molecule has 0 spiro atoms. The lowest BCUT2D eigenvalue weighted by Crippen LogP contribution is -2.46. The molecular formula is C21H24N4O3S. The minimum atomic E-state index is -3.81. The minimum absolute atomic E-state index is 0.00726. The molecule has 1 fully saturated rings. The van der Waals surface area contributed by atoms with Gasteiger partial charge in [-0.05, 0) is 44.5 Å². The summed E-state index contributed by atoms with van der Waals surface area (Å²) in [7, 11) is -3.81. The highest BCUT2D eigenvalue weighted by atomic mass is 32.2. The number of sulfonamides is 1. The molecule has 0 bridgehead atoms. The summed E-state index contributed by atoms with van der Waals surface area (Å²) in [5.74, 6) is 0.746. The maximum absolute atomic E-state index is 13.1. The smallest absolute Gasteiger partial charge is 0.263 e. The first-order valence-corrected chi connectivity index (χ1v) is 11.1. The summed E-state index contributed by atoms with van der Waals surface area (Å²) in [6.45, 7) is 6.97. The molecule has 0 saturated carbocycles. The molecule has 0 radical (unpaired) electrons. The lowest BCUT2D eigenvalue weighted by Gasteiger charge is -2.36. The van der Waals surface area contributed by atoms with Crippen LogP contribution in [0.2, 0.25) is 0 Å². The number of hydrogen-bond donors (Lipinski definition) is 1. The van der Waals surface area contributed by atoms with Gasteiger partial charge in [0.2, 0.25) is 0 Å². The molecule has 1 aliphatic heterocycles. The average Bonchev–Trinajstić information content (AvgIpc) is 2.66. The number of morpholine rings is 1. The predicted molar refractivity (Wildman–Crippen MR) is 114 cm³/mol. The van der Waals surface area contributed by atoms with E-state index >= 15 is 0 Å². The van der Waals surface area contributed by atoms with Crippen molar-refractivity contribution in [1.29, 1.82) is 0 Å². The number of nitrogens with one attached hydrogen (secondary N) is 1. The van der Waals surface area contributed by atoms with E-state index in [-0.39, 0.29) is 22.9 Å². The van der Waals surface area contributed by atoms with Crippen LogP contribution in [0.3, 0.4) is 0 Å². The van der Waals surface area contributed by atoms with Crippen molar-refractivity contribution in [3.05, 3.63) is 54.1 Å². The van der Waals surface area contributed by atoms with Crippen molar-refractivity contribution in [2.24, 2.45) is 0 Å². The number of rotatable bonds is 4. The molecule has 0 unspecified atom stereocenters. The van der Waals surface area contributed by atoms with E-state index in [2.05, 4.69) is 9.71 Å². The zero-order valence-corrected chi connectivity index (χ0v) is 17.5. The largest absolute Gasteiger partial charge is 0.372 e. The molecule has 0 amide bonds. The quantitative estimate of drug-likeness (QED) is 0.707. The number of aryl methyl sites for hydroxylation is 1. The second-order valence-corrected chi connectivity index (χ2v) is 9.07. The Balaban J connectivity index is 1.81. The van der Waals surface area contributed by atoms with Gasteiger partial charge < -0.3 is 9.64 Å². The van der Waals surface area contributed by atoms with Crippen molar-refractivity contribution in [3.8, 4) is 0 Å². The van der Waals surface area contributed by atoms with E-state index in [9.17, 15) is 8.42 Å². The van der Waals surface area contributed by atoms with Crippen molar-refractivity contribution in [1.82, 2.24) is 9.97 Å². The number of nitrogens with zero attached hydrogens (tertiary/aromatic N) is 3. The van der Waals surface area contributed by atoms with Crippen LogP contribution in [0.4, 0.5) is 11.6 Å². The molecule has 1 aromatic heterocycles. The summed E-state index contributed by atoms with van der Waals surface area (Å²) in [6.07, 6.45) is 0.0145. The SMILES string of the molecule is Cc1ccccc1S(=O)(=O)Nc1nc2ccccc2nc1N1C[C@H](C)O[C@@H](C)C1. The van der Waals surface area contributed by atoms with E-state index in [1.54, 1.807) is 25.1 Å². The van der Waals surface area contributed by atoms with E-state index in [0.29, 0.717) is 35.5 Å². The molecule has 2 atom stereocenters. The number of para-hydroxylation sites is 2. The van der Waals surface area contributed by atoms with E-state index in [1.165, 1.54) is 0 Å². The van der Waals surface area contributed by atoms with Gasteiger partial charge in [-0.2, -0.15) is 0 Å². The second kappa shape index (κ2) is 7.61. The maximum atomic E-state index is 13.1. The third-order valence-corrected chi connectivity index (χ3v) is 6.38. The van der Waals surface area contributed by atoms with Crippen LogP contribution < -0.4 is 9.62 Å². The Kier molecular flexibility index (Phi) is 5.14. The molecule has 2 aromatic carbocycles. The summed E-state index contributed by atoms with van der Waals surface area (Å²) in [5.41, 5.74) is 2.02. The van der Waals surface area contributed by atoms with E-state index in [0.717, 1.165) is 0 Å². The lowest BCUT2D eigenvalue weighted by molar-refractivity contribution is -0.00540. The number of hydrogen-bond acceptors (Lipinski definition) is 6. The zero-order valence-electron chi connectivity index (χ0n) is 16.7. The number of fused-ring (bicyclic) bond motifs is 1. The molecule has 0 aliphatic carbocycles. The molecule has 2 heterocycles. The Hall–Kier alpha value is -2.71. The molecular weight excluding hydrogens is 388 g/mol. The maximum Gasteiger partial charge on any atom is 0.263 e. The Labute approximate surface area is 170 Å². The summed E-state index contributed by atoms with van der Waals surface area (Å²) in [5, 5.41) is 0. The summed E-state index contributed by atoms with van der Waals surface area (Å²) in [6, 6.07) is 14.3. The number of ether oxygens (including phenoxy) is 1. The molecule has 7 nitrogen and oxygen atoms in total. The Morgan fingerprint density at radius 2 is 1.55 bits per heavy atom. The molecule has 4 rings (SSSR count). The highest BCUT2D eigenvalue weighted by molar-refractivity contribution is 7.92. The van der Waals surface area contributed by atoms with Crippen LogP contribution in [0.5, 0.6) is 0 Å². The molecule has 29 heavy (non-hydrogen) atoms. The van der Waals surface area contributed by atoms with E-state index < -0.39 is 10.0 Å². The molecule has 152 valence electrons. The fourth-order valence-corrected chi connectivity index (χ4v) is 4.92. The van der Waals surface area contributed by atoms with Gasteiger partial charge in [0.15, 0.2) is 11.6 Å². The summed E-state index contributed by atoms with van der Waals surface area (Å²) in [4.78, 5) is 11.6. The fourth-order valence-electron chi connectivity index (χ4n) is 3.67. The standard InChI is InChI=1S/C21H24N4O3S/c1-14-8-4-7-11-19(14)29(26,27)24-20-21(25-12-15(2)28-16(3)13-25)23-18-10-6-5-9-17(18)22-20/h4-11,15-16H,12-13H2,1-3H3,(H,22,24)/t15-,16-/m0/s1. The van der Waals surface area contributed by atoms with Gasteiger partial charge in [-0.15, -0.1) is 0 Å². The fraction of sp³-hybridized carbons (Fsp3) is 0.333. The Morgan fingerprint density at radius 3 is 2.21 bits per heavy atom. The van der Waals surface area contributed by atoms with Gasteiger partial charge in [0, 0.05) is 13.1 Å². The topological polar surface area (TPSA) is 84.4 Å². The lowest BCUT2D eigenvalue weighted by atomic mass is 10.2. The van der Waals surface area contributed by atoms with Crippen molar-refractivity contribution in [2.45, 2.75) is 37.9 Å². The number of anilines is 2. The van der Waals surface area contributed by atoms with Crippen LogP contribution in [0.25, 0.3) is 11.0 Å². The van der Waals surface area contributed by atoms with Crippen molar-refractivity contribution in [2.75, 3.05) is 22.7 Å². The van der Waals surface area contributed by atoms with Gasteiger partial charge in [-0.25, -0.2) is 18.4 Å². The highest BCUT2D eigenvalue weighted by Gasteiger charge is 2.28. The number of aromatic nitrogens is 2. The molecule has 8 heteroatoms. The first kappa shape index (κ1) is 19.6. The zero-order chi connectivity index (χ0) is 20.6. The molecule has 1 aliphatic rings. The van der Waals surface area contributed by atoms with Crippen LogP contribution in [0.1, 0.15) is 19.4 Å². The van der Waals surface area contributed by atoms with Crippen molar-refractivity contribution in [3.63, 3.8) is 0 Å². The van der Waals surface area contributed by atoms with E-state index in [4.69, 9.17) is 9.72 Å². The first-order chi connectivity index (χ1) is 13.8. The normalized spacial score (nSPS) is 20.0. The second-order valence-electron chi connectivity index (χ2n) is 7.42. The van der Waals surface area contributed by atoms with Gasteiger partial charge in [0.05, 0.1) is 28.1 Å². The van der Waals surface area contributed by atoms with Crippen molar-refractivity contribution < 1.29 is 13.2 Å². The first-order valence-electron chi connectivity index (χ1n) is 9.59. The van der Waals surface area contributed by atoms with Crippen LogP contribution in [0.15, 0.2) is 53.4 Å². The predicted octanol–water partition coefficient (Wildman–Crippen LogP) is 3.35.